The third-order valence-corrected chi connectivity index (χ3v) is 3.49. The zero-order chi connectivity index (χ0) is 17.5. The maximum atomic E-state index is 11.8. The summed E-state index contributed by atoms with van der Waals surface area (Å²) in [6.45, 7) is 11.5. The Morgan fingerprint density at radius 3 is 2.22 bits per heavy atom. The molecule has 0 heterocycles. The molecular weight excluding hydrogens is 292 g/mol. The van der Waals surface area contributed by atoms with Crippen LogP contribution in [-0.2, 0) is 11.2 Å². The smallest absolute Gasteiger partial charge is 0.407 e. The second kappa shape index (κ2) is 8.77. The number of nitrogens with zero attached hydrogens (tertiary/aromatic N) is 1. The van der Waals surface area contributed by atoms with Gasteiger partial charge in [-0.25, -0.2) is 4.79 Å². The molecule has 1 rings (SSSR count). The molecule has 0 saturated heterocycles. The average Bonchev–Trinajstić information content (AvgIpc) is 2.47. The van der Waals surface area contributed by atoms with Crippen LogP contribution >= 0.6 is 0 Å². The van der Waals surface area contributed by atoms with Crippen LogP contribution in [0.2, 0.25) is 0 Å². The van der Waals surface area contributed by atoms with Gasteiger partial charge in [-0.15, -0.1) is 0 Å². The topological polar surface area (TPSA) is 61.8 Å². The van der Waals surface area contributed by atoms with Crippen molar-refractivity contribution < 1.29 is 14.6 Å². The first-order valence-electron chi connectivity index (χ1n) is 8.23. The molecule has 130 valence electrons. The summed E-state index contributed by atoms with van der Waals surface area (Å²) in [4.78, 5) is 14.1. The fourth-order valence-electron chi connectivity index (χ4n) is 2.35. The van der Waals surface area contributed by atoms with Gasteiger partial charge in [-0.3, -0.25) is 0 Å². The van der Waals surface area contributed by atoms with Crippen molar-refractivity contribution in [3.05, 3.63) is 29.8 Å². The van der Waals surface area contributed by atoms with Gasteiger partial charge in [-0.1, -0.05) is 12.1 Å². The molecule has 0 radical (unpaired) electrons. The maximum absolute atomic E-state index is 11.8. The molecule has 0 unspecified atom stereocenters. The summed E-state index contributed by atoms with van der Waals surface area (Å²) in [6, 6.07) is 7.86. The van der Waals surface area contributed by atoms with Crippen molar-refractivity contribution in [2.24, 2.45) is 0 Å². The van der Waals surface area contributed by atoms with E-state index in [1.54, 1.807) is 0 Å². The molecule has 1 aromatic rings. The molecule has 1 amide bonds. The number of carbonyl (C=O) groups excluding carboxylic acids is 1. The van der Waals surface area contributed by atoms with Crippen molar-refractivity contribution in [3.63, 3.8) is 0 Å². The monoisotopic (exact) mass is 322 g/mol. The number of aliphatic hydroxyl groups excluding tert-OH is 1. The summed E-state index contributed by atoms with van der Waals surface area (Å²) < 4.78 is 5.22. The summed E-state index contributed by atoms with van der Waals surface area (Å²) in [5, 5.41) is 12.2. The fraction of sp³-hybridized carbons (Fsp3) is 0.611. The molecule has 0 aliphatic carbocycles. The number of ether oxygens (including phenoxy) is 1. The molecule has 0 fully saturated rings. The van der Waals surface area contributed by atoms with E-state index >= 15 is 0 Å². The van der Waals surface area contributed by atoms with Crippen LogP contribution in [-0.4, -0.2) is 42.5 Å². The number of alkyl carbamates (subject to hydrolysis) is 1. The zero-order valence-corrected chi connectivity index (χ0v) is 14.9. The lowest BCUT2D eigenvalue weighted by Gasteiger charge is -2.23. The first-order chi connectivity index (χ1) is 10.8. The van der Waals surface area contributed by atoms with E-state index in [4.69, 9.17) is 4.74 Å². The standard InChI is InChI=1S/C18H30N2O3/c1-6-20(7-2)16-10-8-14(9-11-16)12-15(13-21)19-17(22)23-18(3,4)5/h8-11,15,21H,6-7,12-13H2,1-5H3,(H,19,22)/t15-/m0/s1. The van der Waals surface area contributed by atoms with Crippen molar-refractivity contribution in [1.82, 2.24) is 5.32 Å². The number of anilines is 1. The van der Waals surface area contributed by atoms with Gasteiger partial charge in [0.25, 0.3) is 0 Å². The Hall–Kier alpha value is -1.75. The summed E-state index contributed by atoms with van der Waals surface area (Å²) in [6.07, 6.45) is 0.0603. The highest BCUT2D eigenvalue weighted by Crippen LogP contribution is 2.16. The summed E-state index contributed by atoms with van der Waals surface area (Å²) >= 11 is 0. The Bertz CT molecular complexity index is 476. The van der Waals surface area contributed by atoms with Gasteiger partial charge < -0.3 is 20.1 Å². The van der Waals surface area contributed by atoms with E-state index in [9.17, 15) is 9.90 Å². The first-order valence-corrected chi connectivity index (χ1v) is 8.23. The molecule has 0 bridgehead atoms. The second-order valence-electron chi connectivity index (χ2n) is 6.57. The van der Waals surface area contributed by atoms with E-state index in [2.05, 4.69) is 36.2 Å². The van der Waals surface area contributed by atoms with Crippen LogP contribution in [0.15, 0.2) is 24.3 Å². The van der Waals surface area contributed by atoms with Crippen LogP contribution in [0.1, 0.15) is 40.2 Å². The molecule has 0 aromatic heterocycles. The molecule has 0 aliphatic heterocycles. The third kappa shape index (κ3) is 6.91. The molecule has 2 N–H and O–H groups in total. The first kappa shape index (κ1) is 19.3. The molecule has 5 nitrogen and oxygen atoms in total. The maximum Gasteiger partial charge on any atom is 0.407 e. The average molecular weight is 322 g/mol. The minimum atomic E-state index is -0.546. The normalized spacial score (nSPS) is 12.6. The van der Waals surface area contributed by atoms with Crippen molar-refractivity contribution >= 4 is 11.8 Å². The molecule has 0 saturated carbocycles. The largest absolute Gasteiger partial charge is 0.444 e. The quantitative estimate of drug-likeness (QED) is 0.810. The summed E-state index contributed by atoms with van der Waals surface area (Å²) in [5.41, 5.74) is 1.70. The van der Waals surface area contributed by atoms with Crippen LogP contribution < -0.4 is 10.2 Å². The SMILES string of the molecule is CCN(CC)c1ccc(C[C@@H](CO)NC(=O)OC(C)(C)C)cc1. The molecule has 0 aliphatic rings. The number of amides is 1. The van der Waals surface area contributed by atoms with Crippen LogP contribution in [0, 0.1) is 0 Å². The van der Waals surface area contributed by atoms with Crippen molar-refractivity contribution in [3.8, 4) is 0 Å². The zero-order valence-electron chi connectivity index (χ0n) is 14.9. The Kier molecular flexibility index (Phi) is 7.36. The number of carbonyl (C=O) groups is 1. The van der Waals surface area contributed by atoms with Crippen LogP contribution in [0.3, 0.4) is 0 Å². The Morgan fingerprint density at radius 2 is 1.78 bits per heavy atom. The van der Waals surface area contributed by atoms with Gasteiger partial charge >= 0.3 is 6.09 Å². The highest BCUT2D eigenvalue weighted by Gasteiger charge is 2.19. The number of hydrogen-bond acceptors (Lipinski definition) is 4. The van der Waals surface area contributed by atoms with Gasteiger partial charge in [-0.05, 0) is 58.7 Å². The number of nitrogens with one attached hydrogen (secondary N) is 1. The van der Waals surface area contributed by atoms with Gasteiger partial charge in [0, 0.05) is 18.8 Å². The lowest BCUT2D eigenvalue weighted by Crippen LogP contribution is -2.42. The van der Waals surface area contributed by atoms with Gasteiger partial charge in [0.2, 0.25) is 0 Å². The number of benzene rings is 1. The Balaban J connectivity index is 2.63. The Morgan fingerprint density at radius 1 is 1.22 bits per heavy atom. The van der Waals surface area contributed by atoms with E-state index in [0.29, 0.717) is 6.42 Å². The Labute approximate surface area is 139 Å². The van der Waals surface area contributed by atoms with Gasteiger partial charge in [0.05, 0.1) is 12.6 Å². The minimum Gasteiger partial charge on any atom is -0.444 e. The predicted molar refractivity (Wildman–Crippen MR) is 94.0 cm³/mol. The molecule has 5 heteroatoms. The minimum absolute atomic E-state index is 0.128. The number of aliphatic hydroxyl groups is 1. The van der Waals surface area contributed by atoms with E-state index in [1.807, 2.05) is 32.9 Å². The third-order valence-electron chi connectivity index (χ3n) is 3.49. The van der Waals surface area contributed by atoms with Crippen LogP contribution in [0.4, 0.5) is 10.5 Å². The van der Waals surface area contributed by atoms with Gasteiger partial charge in [0.15, 0.2) is 0 Å². The van der Waals surface area contributed by atoms with E-state index < -0.39 is 11.7 Å². The van der Waals surface area contributed by atoms with E-state index in [1.165, 1.54) is 5.69 Å². The molecule has 1 atom stereocenters. The number of hydrogen-bond donors (Lipinski definition) is 2. The highest BCUT2D eigenvalue weighted by atomic mass is 16.6. The summed E-state index contributed by atoms with van der Waals surface area (Å²) in [7, 11) is 0. The molecule has 23 heavy (non-hydrogen) atoms. The fourth-order valence-corrected chi connectivity index (χ4v) is 2.35. The highest BCUT2D eigenvalue weighted by molar-refractivity contribution is 5.68. The van der Waals surface area contributed by atoms with Crippen LogP contribution in [0.5, 0.6) is 0 Å². The van der Waals surface area contributed by atoms with E-state index in [-0.39, 0.29) is 12.6 Å². The van der Waals surface area contributed by atoms with E-state index in [0.717, 1.165) is 18.7 Å². The molecule has 0 spiro atoms. The molecular formula is C18H30N2O3. The lowest BCUT2D eigenvalue weighted by atomic mass is 10.1. The van der Waals surface area contributed by atoms with Crippen molar-refractivity contribution in [2.45, 2.75) is 52.7 Å². The van der Waals surface area contributed by atoms with Crippen molar-refractivity contribution in [2.75, 3.05) is 24.6 Å². The summed E-state index contributed by atoms with van der Waals surface area (Å²) in [5.74, 6) is 0. The van der Waals surface area contributed by atoms with Gasteiger partial charge in [-0.2, -0.15) is 0 Å². The second-order valence-corrected chi connectivity index (χ2v) is 6.57. The van der Waals surface area contributed by atoms with Crippen LogP contribution in [0.25, 0.3) is 0 Å². The van der Waals surface area contributed by atoms with Crippen molar-refractivity contribution in [1.29, 1.82) is 0 Å². The van der Waals surface area contributed by atoms with Gasteiger partial charge in [0.1, 0.15) is 5.60 Å². The molecule has 1 aromatic carbocycles. The predicted octanol–water partition coefficient (Wildman–Crippen LogP) is 2.96. The lowest BCUT2D eigenvalue weighted by molar-refractivity contribution is 0.0483. The number of rotatable bonds is 7.